The predicted molar refractivity (Wildman–Crippen MR) is 69.8 cm³/mol. The third kappa shape index (κ3) is 3.46. The monoisotopic (exact) mass is 281 g/mol. The summed E-state index contributed by atoms with van der Waals surface area (Å²) in [6.45, 7) is 3.01. The second-order valence-corrected chi connectivity index (χ2v) is 4.91. The van der Waals surface area contributed by atoms with Crippen molar-refractivity contribution in [1.82, 2.24) is 25.4 Å². The molecule has 8 heteroatoms. The summed E-state index contributed by atoms with van der Waals surface area (Å²) < 4.78 is 1.84. The van der Waals surface area contributed by atoms with Gasteiger partial charge in [-0.05, 0) is 26.2 Å². The van der Waals surface area contributed by atoms with Crippen LogP contribution in [0, 0.1) is 5.92 Å². The molecule has 1 aliphatic carbocycles. The molecule has 0 aliphatic heterocycles. The van der Waals surface area contributed by atoms with E-state index in [1.54, 1.807) is 6.33 Å². The maximum absolute atomic E-state index is 11.7. The first-order chi connectivity index (χ1) is 9.60. The fourth-order valence-corrected chi connectivity index (χ4v) is 2.41. The highest BCUT2D eigenvalue weighted by molar-refractivity contribution is 5.75. The number of aromatic nitrogens is 3. The van der Waals surface area contributed by atoms with Crippen molar-refractivity contribution in [1.29, 1.82) is 0 Å². The van der Waals surface area contributed by atoms with Gasteiger partial charge in [0.15, 0.2) is 5.82 Å². The highest BCUT2D eigenvalue weighted by Gasteiger charge is 2.30. The number of aliphatic carboxylic acids is 1. The molecule has 2 rings (SSSR count). The van der Waals surface area contributed by atoms with Crippen LogP contribution in [0.15, 0.2) is 6.33 Å². The standard InChI is InChI=1S/C12H19N5O3/c1-2-17-7-14-16-10(17)6-13-12(20)15-9-4-3-8(5-9)11(18)19/h7-9H,2-6H2,1H3,(H,18,19)(H2,13,15,20)/t8-,9+/m1/s1. The normalized spacial score (nSPS) is 21.6. The van der Waals surface area contributed by atoms with Gasteiger partial charge in [-0.25, -0.2) is 4.79 Å². The molecule has 0 aromatic carbocycles. The van der Waals surface area contributed by atoms with Crippen molar-refractivity contribution >= 4 is 12.0 Å². The number of rotatable bonds is 5. The SMILES string of the molecule is CCn1cnnc1CNC(=O)N[C@H]1CC[C@@H](C(=O)O)C1. The van der Waals surface area contributed by atoms with Gasteiger partial charge in [-0.1, -0.05) is 0 Å². The molecule has 1 saturated carbocycles. The van der Waals surface area contributed by atoms with Crippen LogP contribution in [0.25, 0.3) is 0 Å². The summed E-state index contributed by atoms with van der Waals surface area (Å²) in [7, 11) is 0. The molecule has 0 saturated heterocycles. The molecule has 1 heterocycles. The number of hydrogen-bond acceptors (Lipinski definition) is 4. The molecule has 0 radical (unpaired) electrons. The minimum absolute atomic E-state index is 0.0693. The van der Waals surface area contributed by atoms with Crippen LogP contribution >= 0.6 is 0 Å². The van der Waals surface area contributed by atoms with Gasteiger partial charge in [-0.2, -0.15) is 0 Å². The molecular weight excluding hydrogens is 262 g/mol. The molecule has 20 heavy (non-hydrogen) atoms. The van der Waals surface area contributed by atoms with Crippen LogP contribution in [-0.2, 0) is 17.9 Å². The Labute approximate surface area is 116 Å². The van der Waals surface area contributed by atoms with Gasteiger partial charge < -0.3 is 20.3 Å². The van der Waals surface area contributed by atoms with E-state index in [2.05, 4.69) is 20.8 Å². The van der Waals surface area contributed by atoms with Crippen LogP contribution in [0.3, 0.4) is 0 Å². The summed E-state index contributed by atoms with van der Waals surface area (Å²) in [6.07, 6.45) is 3.43. The fraction of sp³-hybridized carbons (Fsp3) is 0.667. The van der Waals surface area contributed by atoms with E-state index in [-0.39, 0.29) is 18.0 Å². The van der Waals surface area contributed by atoms with E-state index >= 15 is 0 Å². The molecule has 8 nitrogen and oxygen atoms in total. The van der Waals surface area contributed by atoms with Crippen molar-refractivity contribution < 1.29 is 14.7 Å². The van der Waals surface area contributed by atoms with Crippen molar-refractivity contribution in [3.8, 4) is 0 Å². The first-order valence-corrected chi connectivity index (χ1v) is 6.74. The quantitative estimate of drug-likeness (QED) is 0.721. The fourth-order valence-electron chi connectivity index (χ4n) is 2.41. The Morgan fingerprint density at radius 3 is 2.95 bits per heavy atom. The van der Waals surface area contributed by atoms with Crippen LogP contribution in [0.1, 0.15) is 32.0 Å². The maximum atomic E-state index is 11.7. The van der Waals surface area contributed by atoms with Crippen molar-refractivity contribution in [2.24, 2.45) is 5.92 Å². The molecular formula is C12H19N5O3. The van der Waals surface area contributed by atoms with Crippen molar-refractivity contribution in [2.45, 2.75) is 45.3 Å². The third-order valence-electron chi connectivity index (χ3n) is 3.56. The third-order valence-corrected chi connectivity index (χ3v) is 3.56. The average Bonchev–Trinajstić information content (AvgIpc) is 3.04. The second kappa shape index (κ2) is 6.36. The lowest BCUT2D eigenvalue weighted by molar-refractivity contribution is -0.141. The molecule has 1 aromatic heterocycles. The van der Waals surface area contributed by atoms with Crippen molar-refractivity contribution in [3.05, 3.63) is 12.2 Å². The van der Waals surface area contributed by atoms with E-state index in [1.165, 1.54) is 0 Å². The largest absolute Gasteiger partial charge is 0.481 e. The lowest BCUT2D eigenvalue weighted by atomic mass is 10.1. The Hall–Kier alpha value is -2.12. The Bertz CT molecular complexity index is 487. The van der Waals surface area contributed by atoms with Gasteiger partial charge in [0.1, 0.15) is 6.33 Å². The number of amides is 2. The van der Waals surface area contributed by atoms with Gasteiger partial charge in [-0.15, -0.1) is 10.2 Å². The van der Waals surface area contributed by atoms with E-state index in [0.717, 1.165) is 6.54 Å². The van der Waals surface area contributed by atoms with E-state index in [1.807, 2.05) is 11.5 Å². The molecule has 3 N–H and O–H groups in total. The van der Waals surface area contributed by atoms with Gasteiger partial charge in [0.25, 0.3) is 0 Å². The number of hydrogen-bond donors (Lipinski definition) is 3. The van der Waals surface area contributed by atoms with Gasteiger partial charge in [0.2, 0.25) is 0 Å². The second-order valence-electron chi connectivity index (χ2n) is 4.91. The van der Waals surface area contributed by atoms with Crippen molar-refractivity contribution in [2.75, 3.05) is 0 Å². The highest BCUT2D eigenvalue weighted by Crippen LogP contribution is 2.25. The Morgan fingerprint density at radius 1 is 1.50 bits per heavy atom. The summed E-state index contributed by atoms with van der Waals surface area (Å²) >= 11 is 0. The molecule has 0 spiro atoms. The molecule has 2 amide bonds. The molecule has 1 aliphatic rings. The molecule has 1 fully saturated rings. The van der Waals surface area contributed by atoms with Gasteiger partial charge in [0.05, 0.1) is 12.5 Å². The summed E-state index contributed by atoms with van der Waals surface area (Å²) in [5.74, 6) is -0.438. The summed E-state index contributed by atoms with van der Waals surface area (Å²) in [5.41, 5.74) is 0. The van der Waals surface area contributed by atoms with Gasteiger partial charge in [0, 0.05) is 12.6 Å². The number of nitrogens with one attached hydrogen (secondary N) is 2. The zero-order chi connectivity index (χ0) is 14.5. The topological polar surface area (TPSA) is 109 Å². The zero-order valence-corrected chi connectivity index (χ0v) is 11.4. The highest BCUT2D eigenvalue weighted by atomic mass is 16.4. The molecule has 0 bridgehead atoms. The van der Waals surface area contributed by atoms with E-state index in [0.29, 0.717) is 31.6 Å². The van der Waals surface area contributed by atoms with Crippen molar-refractivity contribution in [3.63, 3.8) is 0 Å². The zero-order valence-electron chi connectivity index (χ0n) is 11.4. The first kappa shape index (κ1) is 14.3. The number of carboxylic acids is 1. The summed E-state index contributed by atoms with van der Waals surface area (Å²) in [6, 6.07) is -0.369. The molecule has 0 unspecified atom stereocenters. The Balaban J connectivity index is 1.75. The average molecular weight is 281 g/mol. The number of nitrogens with zero attached hydrogens (tertiary/aromatic N) is 3. The lowest BCUT2D eigenvalue weighted by Crippen LogP contribution is -2.41. The Morgan fingerprint density at radius 2 is 2.30 bits per heavy atom. The summed E-state index contributed by atoms with van der Waals surface area (Å²) in [5, 5.41) is 22.1. The lowest BCUT2D eigenvalue weighted by Gasteiger charge is -2.13. The molecule has 1 aromatic rings. The predicted octanol–water partition coefficient (Wildman–Crippen LogP) is 0.350. The minimum atomic E-state index is -0.786. The van der Waals surface area contributed by atoms with Crippen LogP contribution in [0.4, 0.5) is 4.79 Å². The number of urea groups is 1. The smallest absolute Gasteiger partial charge is 0.315 e. The summed E-state index contributed by atoms with van der Waals surface area (Å²) in [4.78, 5) is 22.6. The van der Waals surface area contributed by atoms with Crippen LogP contribution in [-0.4, -0.2) is 37.9 Å². The first-order valence-electron chi connectivity index (χ1n) is 6.74. The van der Waals surface area contributed by atoms with Crippen LogP contribution in [0.5, 0.6) is 0 Å². The molecule has 110 valence electrons. The van der Waals surface area contributed by atoms with Crippen LogP contribution < -0.4 is 10.6 Å². The Kier molecular flexibility index (Phi) is 4.54. The van der Waals surface area contributed by atoms with E-state index in [4.69, 9.17) is 5.11 Å². The number of carbonyl (C=O) groups excluding carboxylic acids is 1. The van der Waals surface area contributed by atoms with Gasteiger partial charge in [-0.3, -0.25) is 4.79 Å². The maximum Gasteiger partial charge on any atom is 0.315 e. The van der Waals surface area contributed by atoms with Gasteiger partial charge >= 0.3 is 12.0 Å². The number of aryl methyl sites for hydroxylation is 1. The minimum Gasteiger partial charge on any atom is -0.481 e. The van der Waals surface area contributed by atoms with E-state index < -0.39 is 5.97 Å². The molecule has 2 atom stereocenters. The van der Waals surface area contributed by atoms with E-state index in [9.17, 15) is 9.59 Å². The number of carbonyl (C=O) groups is 2. The number of carboxylic acid groups (broad SMARTS) is 1. The van der Waals surface area contributed by atoms with Crippen LogP contribution in [0.2, 0.25) is 0 Å².